The van der Waals surface area contributed by atoms with Crippen molar-refractivity contribution in [1.82, 2.24) is 25.1 Å². The summed E-state index contributed by atoms with van der Waals surface area (Å²) in [7, 11) is 1.31. The second-order valence-electron chi connectivity index (χ2n) is 12.6. The second-order valence-corrected chi connectivity index (χ2v) is 15.8. The Morgan fingerprint density at radius 2 is 1.90 bits per heavy atom. The minimum Gasteiger partial charge on any atom is -0.490 e. The molecule has 2 N–H and O–H groups in total. The Morgan fingerprint density at radius 1 is 1.16 bits per heavy atom. The number of halogens is 2. The minimum absolute atomic E-state index is 0.0473. The van der Waals surface area contributed by atoms with Gasteiger partial charge in [-0.15, -0.1) is 0 Å². The first-order valence-electron chi connectivity index (χ1n) is 15.6. The molecule has 260 valence electrons. The van der Waals surface area contributed by atoms with Gasteiger partial charge in [0.2, 0.25) is 11.6 Å². The van der Waals surface area contributed by atoms with E-state index in [1.165, 1.54) is 31.4 Å². The van der Waals surface area contributed by atoms with Gasteiger partial charge in [0.15, 0.2) is 32.4 Å². The fourth-order valence-corrected chi connectivity index (χ4v) is 9.06. The van der Waals surface area contributed by atoms with Gasteiger partial charge in [-0.25, -0.2) is 22.8 Å². The summed E-state index contributed by atoms with van der Waals surface area (Å²) in [4.78, 5) is 23.8. The number of methoxy groups -OCH3 is 1. The quantitative estimate of drug-likeness (QED) is 0.103. The SMILES string of the molecule is COc1c(Nc2cc(C)[nH]n2)nc(Sc2ccc(S(=O)(=O)C3(c4cccc([N+](=O)[O-])c4F)CC3)cc2F)nc1N1CCC(CN(C)C)CC1. The van der Waals surface area contributed by atoms with Crippen molar-refractivity contribution in [2.24, 2.45) is 5.92 Å². The number of ether oxygens (including phenoxy) is 1. The number of aromatic amines is 1. The third kappa shape index (κ3) is 6.78. The van der Waals surface area contributed by atoms with Crippen molar-refractivity contribution in [3.05, 3.63) is 75.5 Å². The van der Waals surface area contributed by atoms with E-state index in [0.29, 0.717) is 29.1 Å². The first-order chi connectivity index (χ1) is 23.3. The highest BCUT2D eigenvalue weighted by Gasteiger charge is 2.58. The predicted molar refractivity (Wildman–Crippen MR) is 180 cm³/mol. The van der Waals surface area contributed by atoms with Crippen LogP contribution in [0.1, 0.15) is 36.9 Å². The van der Waals surface area contributed by atoms with Gasteiger partial charge in [0.1, 0.15) is 10.6 Å². The number of hydrogen-bond acceptors (Lipinski definition) is 12. The van der Waals surface area contributed by atoms with Gasteiger partial charge in [-0.2, -0.15) is 9.49 Å². The van der Waals surface area contributed by atoms with E-state index >= 15 is 8.78 Å². The van der Waals surface area contributed by atoms with E-state index in [2.05, 4.69) is 44.4 Å². The van der Waals surface area contributed by atoms with Crippen LogP contribution >= 0.6 is 11.8 Å². The lowest BCUT2D eigenvalue weighted by atomic mass is 9.96. The molecule has 0 spiro atoms. The van der Waals surface area contributed by atoms with Gasteiger partial charge in [0.05, 0.1) is 21.8 Å². The van der Waals surface area contributed by atoms with Gasteiger partial charge in [0, 0.05) is 43.0 Å². The molecule has 2 fully saturated rings. The Kier molecular flexibility index (Phi) is 9.52. The maximum atomic E-state index is 15.8. The molecule has 2 aromatic heterocycles. The molecule has 0 atom stereocenters. The third-order valence-corrected chi connectivity index (χ3v) is 12.3. The molecule has 0 amide bonds. The molecule has 0 unspecified atom stereocenters. The average Bonchev–Trinajstić information content (AvgIpc) is 3.78. The fraction of sp³-hybridized carbons (Fsp3) is 0.406. The first-order valence-corrected chi connectivity index (χ1v) is 17.9. The lowest BCUT2D eigenvalue weighted by molar-refractivity contribution is -0.387. The molecule has 2 aliphatic rings. The van der Waals surface area contributed by atoms with E-state index in [4.69, 9.17) is 9.72 Å². The number of nitrogens with zero attached hydrogens (tertiary/aromatic N) is 6. The fourth-order valence-electron chi connectivity index (χ4n) is 6.26. The van der Waals surface area contributed by atoms with Crippen molar-refractivity contribution in [3.8, 4) is 5.75 Å². The maximum Gasteiger partial charge on any atom is 0.305 e. The van der Waals surface area contributed by atoms with Gasteiger partial charge >= 0.3 is 5.69 Å². The topological polar surface area (TPSA) is 159 Å². The molecule has 1 aliphatic heterocycles. The molecule has 13 nitrogen and oxygen atoms in total. The Labute approximate surface area is 286 Å². The summed E-state index contributed by atoms with van der Waals surface area (Å²) >= 11 is 0.913. The summed E-state index contributed by atoms with van der Waals surface area (Å²) in [6, 6.07) is 8.71. The summed E-state index contributed by atoms with van der Waals surface area (Å²) in [6.45, 7) is 4.29. The highest BCUT2D eigenvalue weighted by molar-refractivity contribution is 7.99. The Hall–Kier alpha value is -4.35. The molecule has 2 aromatic carbocycles. The molecule has 4 aromatic rings. The summed E-state index contributed by atoms with van der Waals surface area (Å²) in [5.41, 5.74) is -0.283. The number of sulfone groups is 1. The number of nitrogens with one attached hydrogen (secondary N) is 2. The average molecular weight is 715 g/mol. The van der Waals surface area contributed by atoms with E-state index in [-0.39, 0.29) is 33.4 Å². The Balaban J connectivity index is 1.32. The summed E-state index contributed by atoms with van der Waals surface area (Å²) in [5, 5.41) is 21.8. The number of rotatable bonds is 12. The predicted octanol–water partition coefficient (Wildman–Crippen LogP) is 5.84. The van der Waals surface area contributed by atoms with Crippen LogP contribution in [0.15, 0.2) is 57.4 Å². The lowest BCUT2D eigenvalue weighted by Gasteiger charge is -2.34. The summed E-state index contributed by atoms with van der Waals surface area (Å²) < 4.78 is 62.5. The molecule has 1 saturated carbocycles. The number of H-pyrrole nitrogens is 1. The number of hydrogen-bond donors (Lipinski definition) is 2. The van der Waals surface area contributed by atoms with Crippen LogP contribution in [0.5, 0.6) is 5.75 Å². The summed E-state index contributed by atoms with van der Waals surface area (Å²) in [6.07, 6.45) is 1.99. The van der Waals surface area contributed by atoms with Crippen molar-refractivity contribution in [1.29, 1.82) is 0 Å². The van der Waals surface area contributed by atoms with Gasteiger partial charge in [-0.3, -0.25) is 15.2 Å². The molecule has 1 saturated heterocycles. The zero-order valence-corrected chi connectivity index (χ0v) is 29.0. The molecule has 6 rings (SSSR count). The molecule has 49 heavy (non-hydrogen) atoms. The van der Waals surface area contributed by atoms with E-state index in [1.54, 1.807) is 6.07 Å². The van der Waals surface area contributed by atoms with Crippen LogP contribution in [0.2, 0.25) is 0 Å². The summed E-state index contributed by atoms with van der Waals surface area (Å²) in [5.74, 6) is 0.245. The van der Waals surface area contributed by atoms with E-state index < -0.39 is 36.8 Å². The zero-order chi connectivity index (χ0) is 35.1. The molecule has 0 radical (unpaired) electrons. The minimum atomic E-state index is -4.33. The number of benzene rings is 2. The van der Waals surface area contributed by atoms with Gasteiger partial charge in [0.25, 0.3) is 0 Å². The molecule has 3 heterocycles. The third-order valence-electron chi connectivity index (χ3n) is 8.82. The molecule has 1 aliphatic carbocycles. The van der Waals surface area contributed by atoms with E-state index in [0.717, 1.165) is 62.1 Å². The van der Waals surface area contributed by atoms with Crippen molar-refractivity contribution < 1.29 is 26.9 Å². The zero-order valence-electron chi connectivity index (χ0n) is 27.4. The normalized spacial score (nSPS) is 16.2. The largest absolute Gasteiger partial charge is 0.490 e. The number of anilines is 3. The maximum absolute atomic E-state index is 15.8. The molecular formula is C32H36F2N8O5S2. The van der Waals surface area contributed by atoms with Crippen LogP contribution in [-0.4, -0.2) is 79.2 Å². The smallest absolute Gasteiger partial charge is 0.305 e. The molecule has 17 heteroatoms. The number of nitro benzene ring substituents is 1. The first kappa shape index (κ1) is 34.5. The standard InChI is InChI=1S/C32H36F2N8O5S2/c1-19-16-26(39-38-19)35-29-28(47-4)30(41-14-10-20(11-15-41)18-40(2)3)37-31(36-29)48-25-9-8-21(17-23(25)33)49(45,46)32(12-13-32)22-6-5-7-24(27(22)34)42(43)44/h5-9,16-17,20H,10-15,18H2,1-4H3,(H2,35,36,37,38,39). The van der Waals surface area contributed by atoms with Crippen LogP contribution in [0.4, 0.5) is 31.9 Å². The highest BCUT2D eigenvalue weighted by Crippen LogP contribution is 2.56. The molecular weight excluding hydrogens is 679 g/mol. The number of aromatic nitrogens is 4. The van der Waals surface area contributed by atoms with Crippen LogP contribution in [0.3, 0.4) is 0 Å². The van der Waals surface area contributed by atoms with E-state index in [1.807, 2.05) is 6.92 Å². The van der Waals surface area contributed by atoms with Gasteiger partial charge in [-0.05, 0) is 82.6 Å². The molecule has 0 bridgehead atoms. The van der Waals surface area contributed by atoms with Crippen molar-refractivity contribution in [2.75, 3.05) is 51.1 Å². The number of aryl methyl sites for hydroxylation is 1. The lowest BCUT2D eigenvalue weighted by Crippen LogP contribution is -2.37. The Bertz CT molecular complexity index is 2000. The van der Waals surface area contributed by atoms with Crippen molar-refractivity contribution in [3.63, 3.8) is 0 Å². The second kappa shape index (κ2) is 13.5. The monoisotopic (exact) mass is 714 g/mol. The van der Waals surface area contributed by atoms with Crippen LogP contribution in [0.25, 0.3) is 0 Å². The Morgan fingerprint density at radius 3 is 2.49 bits per heavy atom. The van der Waals surface area contributed by atoms with Crippen molar-refractivity contribution >= 4 is 44.7 Å². The van der Waals surface area contributed by atoms with E-state index in [9.17, 15) is 18.5 Å². The van der Waals surface area contributed by atoms with Gasteiger partial charge < -0.3 is 19.9 Å². The van der Waals surface area contributed by atoms with Crippen molar-refractivity contribution in [2.45, 2.75) is 52.3 Å². The number of nitro groups is 1. The van der Waals surface area contributed by atoms with Crippen LogP contribution in [0, 0.1) is 34.6 Å². The highest BCUT2D eigenvalue weighted by atomic mass is 32.2. The van der Waals surface area contributed by atoms with Gasteiger partial charge in [-0.1, -0.05) is 12.1 Å². The van der Waals surface area contributed by atoms with Crippen LogP contribution < -0.4 is 15.0 Å². The number of piperidine rings is 1. The van der Waals surface area contributed by atoms with Crippen LogP contribution in [-0.2, 0) is 14.6 Å².